The lowest BCUT2D eigenvalue weighted by Gasteiger charge is -2.15. The number of allylic oxidation sites excluding steroid dienone is 2. The third kappa shape index (κ3) is 2.40. The van der Waals surface area contributed by atoms with Crippen molar-refractivity contribution in [3.05, 3.63) is 33.9 Å². The second-order valence-corrected chi connectivity index (χ2v) is 5.28. The third-order valence-corrected chi connectivity index (χ3v) is 4.27. The first-order chi connectivity index (χ1) is 9.51. The molecule has 0 aromatic heterocycles. The fourth-order valence-corrected chi connectivity index (χ4v) is 2.55. The van der Waals surface area contributed by atoms with Crippen LogP contribution in [-0.2, 0) is 17.8 Å². The van der Waals surface area contributed by atoms with Crippen molar-refractivity contribution in [1.82, 2.24) is 0 Å². The monoisotopic (exact) mass is 294 g/mol. The van der Waals surface area contributed by atoms with E-state index >= 15 is 0 Å². The van der Waals surface area contributed by atoms with Gasteiger partial charge in [-0.15, -0.1) is 9.24 Å². The van der Waals surface area contributed by atoms with E-state index in [1.807, 2.05) is 19.9 Å². The zero-order valence-electron chi connectivity index (χ0n) is 11.9. The molecule has 0 amide bonds. The molecule has 108 valence electrons. The average Bonchev–Trinajstić information content (AvgIpc) is 2.83. The van der Waals surface area contributed by atoms with Crippen LogP contribution in [0.5, 0.6) is 11.5 Å². The Balaban J connectivity index is 2.58. The van der Waals surface area contributed by atoms with E-state index in [0.717, 1.165) is 17.3 Å². The van der Waals surface area contributed by atoms with Crippen LogP contribution >= 0.6 is 9.24 Å². The average molecular weight is 294 g/mol. The number of carbonyl (C=O) groups excluding carboxylic acids is 1. The number of fused-ring (bicyclic) bond motifs is 1. The van der Waals surface area contributed by atoms with Gasteiger partial charge in [-0.3, -0.25) is 0 Å². The summed E-state index contributed by atoms with van der Waals surface area (Å²) in [5.74, 6) is 0.154. The highest BCUT2D eigenvalue weighted by atomic mass is 31.0. The minimum Gasteiger partial charge on any atom is -0.507 e. The zero-order chi connectivity index (χ0) is 14.9. The molecule has 1 aliphatic heterocycles. The lowest BCUT2D eigenvalue weighted by atomic mass is 9.95. The first-order valence-electron chi connectivity index (χ1n) is 6.45. The molecule has 0 radical (unpaired) electrons. The molecule has 1 aromatic carbocycles. The van der Waals surface area contributed by atoms with Crippen LogP contribution in [0.1, 0.15) is 34.0 Å². The maximum absolute atomic E-state index is 11.7. The number of ether oxygens (including phenoxy) is 2. The number of hydrogen-bond acceptors (Lipinski definition) is 4. The Morgan fingerprint density at radius 1 is 1.55 bits per heavy atom. The number of carbonyl (C=O) groups is 1. The third-order valence-electron chi connectivity index (χ3n) is 3.62. The Kier molecular flexibility index (Phi) is 4.34. The van der Waals surface area contributed by atoms with Crippen molar-refractivity contribution in [3.63, 3.8) is 0 Å². The minimum absolute atomic E-state index is 0.0160. The normalized spacial score (nSPS) is 14.2. The minimum atomic E-state index is -0.462. The molecule has 0 bridgehead atoms. The van der Waals surface area contributed by atoms with E-state index in [9.17, 15) is 9.90 Å². The van der Waals surface area contributed by atoms with Crippen molar-refractivity contribution < 1.29 is 19.4 Å². The molecule has 0 saturated carbocycles. The first kappa shape index (κ1) is 14.9. The molecule has 20 heavy (non-hydrogen) atoms. The number of esters is 1. The van der Waals surface area contributed by atoms with Crippen LogP contribution in [0.4, 0.5) is 0 Å². The molecule has 1 aliphatic rings. The predicted octanol–water partition coefficient (Wildman–Crippen LogP) is 2.74. The van der Waals surface area contributed by atoms with E-state index in [1.165, 1.54) is 5.57 Å². The molecule has 0 fully saturated rings. The van der Waals surface area contributed by atoms with Gasteiger partial charge >= 0.3 is 5.97 Å². The van der Waals surface area contributed by atoms with Gasteiger partial charge in [0.25, 0.3) is 0 Å². The summed E-state index contributed by atoms with van der Waals surface area (Å²) in [6.45, 7) is 4.10. The molecular weight excluding hydrogens is 275 g/mol. The maximum atomic E-state index is 11.7. The second-order valence-electron chi connectivity index (χ2n) is 4.87. The van der Waals surface area contributed by atoms with E-state index < -0.39 is 5.97 Å². The van der Waals surface area contributed by atoms with Crippen molar-refractivity contribution in [2.45, 2.75) is 26.9 Å². The number of benzene rings is 1. The van der Waals surface area contributed by atoms with Gasteiger partial charge in [0.2, 0.25) is 0 Å². The highest BCUT2D eigenvalue weighted by Crippen LogP contribution is 2.41. The van der Waals surface area contributed by atoms with Gasteiger partial charge in [0.1, 0.15) is 23.7 Å². The van der Waals surface area contributed by atoms with Crippen LogP contribution in [0.15, 0.2) is 11.6 Å². The van der Waals surface area contributed by atoms with Gasteiger partial charge in [-0.2, -0.15) is 0 Å². The van der Waals surface area contributed by atoms with Crippen molar-refractivity contribution >= 4 is 15.2 Å². The summed E-state index contributed by atoms with van der Waals surface area (Å²) in [7, 11) is 4.23. The van der Waals surface area contributed by atoms with Gasteiger partial charge in [0, 0.05) is 11.1 Å². The van der Waals surface area contributed by atoms with E-state index in [1.54, 1.807) is 7.11 Å². The fourth-order valence-electron chi connectivity index (χ4n) is 2.39. The van der Waals surface area contributed by atoms with Crippen molar-refractivity contribution in [1.29, 1.82) is 0 Å². The molecule has 1 unspecified atom stereocenters. The number of phenolic OH excluding ortho intramolecular Hbond substituents is 1. The highest BCUT2D eigenvalue weighted by Gasteiger charge is 2.31. The smallest absolute Gasteiger partial charge is 0.342 e. The summed E-state index contributed by atoms with van der Waals surface area (Å²) in [4.78, 5) is 11.7. The van der Waals surface area contributed by atoms with Crippen LogP contribution in [0.25, 0.3) is 0 Å². The Bertz CT molecular complexity index is 590. The molecule has 1 atom stereocenters. The Hall–Kier alpha value is -1.54. The van der Waals surface area contributed by atoms with E-state index in [0.29, 0.717) is 17.7 Å². The number of phenols is 1. The van der Waals surface area contributed by atoms with Crippen LogP contribution in [0.2, 0.25) is 0 Å². The molecule has 0 saturated heterocycles. The van der Waals surface area contributed by atoms with E-state index in [-0.39, 0.29) is 17.9 Å². The quantitative estimate of drug-likeness (QED) is 0.527. The lowest BCUT2D eigenvalue weighted by molar-refractivity contribution is 0.0533. The van der Waals surface area contributed by atoms with Crippen LogP contribution in [-0.4, -0.2) is 24.3 Å². The van der Waals surface area contributed by atoms with Gasteiger partial charge in [0.05, 0.1) is 7.11 Å². The van der Waals surface area contributed by atoms with Crippen molar-refractivity contribution in [3.8, 4) is 11.5 Å². The van der Waals surface area contributed by atoms with Crippen LogP contribution in [0, 0.1) is 6.92 Å². The maximum Gasteiger partial charge on any atom is 0.342 e. The van der Waals surface area contributed by atoms with Gasteiger partial charge < -0.3 is 14.6 Å². The number of rotatable bonds is 4. The number of cyclic esters (lactones) is 1. The van der Waals surface area contributed by atoms with Gasteiger partial charge in [-0.05, 0) is 32.0 Å². The molecule has 4 nitrogen and oxygen atoms in total. The molecule has 2 rings (SSSR count). The van der Waals surface area contributed by atoms with Gasteiger partial charge in [-0.1, -0.05) is 11.6 Å². The highest BCUT2D eigenvalue weighted by molar-refractivity contribution is 7.16. The standard InChI is InChI=1S/C15H19O4P/c1-8(7-20)4-5-10-13(16)12-11(6-19-15(12)17)9(2)14(10)18-3/h4,16H,5-7,20H2,1-3H3/b8-4+. The topological polar surface area (TPSA) is 55.8 Å². The van der Waals surface area contributed by atoms with E-state index in [4.69, 9.17) is 9.47 Å². The number of hydrogen-bond donors (Lipinski definition) is 1. The summed E-state index contributed by atoms with van der Waals surface area (Å²) < 4.78 is 10.4. The first-order valence-corrected chi connectivity index (χ1v) is 7.27. The molecule has 0 aliphatic carbocycles. The number of methoxy groups -OCH3 is 1. The molecule has 5 heteroatoms. The summed E-state index contributed by atoms with van der Waals surface area (Å²) in [5, 5.41) is 10.4. The molecule has 1 aromatic rings. The molecule has 1 heterocycles. The molecular formula is C15H19O4P. The van der Waals surface area contributed by atoms with E-state index in [2.05, 4.69) is 9.24 Å². The van der Waals surface area contributed by atoms with Crippen LogP contribution < -0.4 is 4.74 Å². The lowest BCUT2D eigenvalue weighted by Crippen LogP contribution is -2.03. The summed E-state index contributed by atoms with van der Waals surface area (Å²) >= 11 is 0. The fraction of sp³-hybridized carbons (Fsp3) is 0.400. The Labute approximate surface area is 121 Å². The SMILES string of the molecule is COc1c(C)c2c(c(O)c1C/C=C(\C)CP)C(=O)OC2. The van der Waals surface area contributed by atoms with Crippen molar-refractivity contribution in [2.75, 3.05) is 13.3 Å². The van der Waals surface area contributed by atoms with Gasteiger partial charge in [-0.25, -0.2) is 4.79 Å². The second kappa shape index (κ2) is 5.84. The summed E-state index contributed by atoms with van der Waals surface area (Å²) in [5.41, 5.74) is 3.70. The zero-order valence-corrected chi connectivity index (χ0v) is 13.1. The number of aromatic hydroxyl groups is 1. The van der Waals surface area contributed by atoms with Crippen LogP contribution in [0.3, 0.4) is 0 Å². The molecule has 1 N–H and O–H groups in total. The summed E-state index contributed by atoms with van der Waals surface area (Å²) in [6.07, 6.45) is 3.42. The Morgan fingerprint density at radius 3 is 2.85 bits per heavy atom. The summed E-state index contributed by atoms with van der Waals surface area (Å²) in [6, 6.07) is 0. The predicted molar refractivity (Wildman–Crippen MR) is 80.6 cm³/mol. The largest absolute Gasteiger partial charge is 0.507 e. The molecule has 0 spiro atoms. The van der Waals surface area contributed by atoms with Crippen molar-refractivity contribution in [2.24, 2.45) is 0 Å². The Morgan fingerprint density at radius 2 is 2.25 bits per heavy atom. The van der Waals surface area contributed by atoms with Gasteiger partial charge in [0.15, 0.2) is 0 Å².